The van der Waals surface area contributed by atoms with Gasteiger partial charge >= 0.3 is 11.9 Å². The molecule has 0 spiro atoms. The Bertz CT molecular complexity index is 1130. The summed E-state index contributed by atoms with van der Waals surface area (Å²) in [5, 5.41) is 50.0. The van der Waals surface area contributed by atoms with Crippen LogP contribution in [0.5, 0.6) is 5.75 Å². The number of carbonyl (C=O) groups excluding carboxylic acids is 1. The van der Waals surface area contributed by atoms with Crippen LogP contribution in [0.4, 0.5) is 0 Å². The molecule has 5 N–H and O–H groups in total. The highest BCUT2D eigenvalue weighted by Gasteiger charge is 2.46. The van der Waals surface area contributed by atoms with Crippen LogP contribution < -0.4 is 10.2 Å². The van der Waals surface area contributed by atoms with Crippen LogP contribution in [-0.2, 0) is 31.9 Å². The van der Waals surface area contributed by atoms with Crippen LogP contribution >= 0.6 is 0 Å². The van der Waals surface area contributed by atoms with E-state index in [1.165, 1.54) is 6.07 Å². The van der Waals surface area contributed by atoms with Crippen molar-refractivity contribution in [3.63, 3.8) is 0 Å². The number of carboxylic acids is 1. The van der Waals surface area contributed by atoms with Crippen molar-refractivity contribution in [3.05, 3.63) is 51.2 Å². The number of aryl methyl sites for hydroxylation is 2. The Morgan fingerprint density at radius 2 is 1.84 bits per heavy atom. The van der Waals surface area contributed by atoms with Crippen molar-refractivity contribution >= 4 is 11.9 Å². The summed E-state index contributed by atoms with van der Waals surface area (Å²) >= 11 is 0. The van der Waals surface area contributed by atoms with Crippen LogP contribution in [0.15, 0.2) is 29.1 Å². The van der Waals surface area contributed by atoms with Gasteiger partial charge in [-0.25, -0.2) is 0 Å². The standard InChI is InChI=1S/C27H36O11/c1-13(2)15-5-6-16-9-19(18(28)7-14(3)17(16)8-15)37-26-25(34)24(33)23(32)20(38-26)12-36-22(31)11-27(4,35)10-21(29)30/h7,9,15,20,23-26,32-35H,1,5-6,8,10-12H2,2-4H3,(H,29,30)/t15-,20?,23?,24?,25?,26?,27?/m1/s1. The number of ether oxygens (including phenoxy) is 3. The Balaban J connectivity index is 1.75. The molecule has 1 aromatic rings. The van der Waals surface area contributed by atoms with Crippen molar-refractivity contribution in [3.8, 4) is 5.75 Å². The predicted molar refractivity (Wildman–Crippen MR) is 134 cm³/mol. The van der Waals surface area contributed by atoms with Gasteiger partial charge < -0.3 is 39.7 Å². The molecular weight excluding hydrogens is 500 g/mol. The third-order valence-corrected chi connectivity index (χ3v) is 7.05. The Morgan fingerprint density at radius 1 is 1.16 bits per heavy atom. The fourth-order valence-corrected chi connectivity index (χ4v) is 4.83. The fourth-order valence-electron chi connectivity index (χ4n) is 4.83. The van der Waals surface area contributed by atoms with E-state index in [1.807, 2.05) is 13.8 Å². The molecule has 1 saturated heterocycles. The zero-order chi connectivity index (χ0) is 28.4. The molecule has 0 aromatic heterocycles. The number of allylic oxidation sites excluding steroid dienone is 1. The van der Waals surface area contributed by atoms with Crippen molar-refractivity contribution < 1.29 is 49.3 Å². The number of rotatable bonds is 9. The van der Waals surface area contributed by atoms with E-state index in [0.717, 1.165) is 42.0 Å². The van der Waals surface area contributed by atoms with E-state index in [0.29, 0.717) is 12.3 Å². The van der Waals surface area contributed by atoms with Crippen LogP contribution in [0.1, 0.15) is 49.8 Å². The Morgan fingerprint density at radius 3 is 2.47 bits per heavy atom. The van der Waals surface area contributed by atoms with E-state index in [1.54, 1.807) is 6.07 Å². The molecule has 38 heavy (non-hydrogen) atoms. The second-order valence-corrected chi connectivity index (χ2v) is 10.5. The van der Waals surface area contributed by atoms with E-state index in [-0.39, 0.29) is 5.75 Å². The van der Waals surface area contributed by atoms with Crippen LogP contribution in [-0.4, -0.2) is 80.4 Å². The van der Waals surface area contributed by atoms with E-state index in [2.05, 4.69) is 6.58 Å². The molecule has 11 heteroatoms. The zero-order valence-corrected chi connectivity index (χ0v) is 21.8. The molecular formula is C27H36O11. The van der Waals surface area contributed by atoms with Gasteiger partial charge in [-0.1, -0.05) is 12.2 Å². The van der Waals surface area contributed by atoms with Crippen molar-refractivity contribution in [1.29, 1.82) is 0 Å². The molecule has 2 aliphatic rings. The number of carboxylic acid groups (broad SMARTS) is 1. The minimum atomic E-state index is -1.86. The third kappa shape index (κ3) is 7.17. The Hall–Kier alpha value is -2.83. The Kier molecular flexibility index (Phi) is 9.32. The smallest absolute Gasteiger partial charge is 0.308 e. The van der Waals surface area contributed by atoms with Gasteiger partial charge in [0, 0.05) is 0 Å². The fraction of sp³-hybridized carbons (Fsp3) is 0.593. The maximum Gasteiger partial charge on any atom is 0.308 e. The topological polar surface area (TPSA) is 180 Å². The number of aliphatic carboxylic acids is 1. The largest absolute Gasteiger partial charge is 0.481 e. The molecule has 1 fully saturated rings. The summed E-state index contributed by atoms with van der Waals surface area (Å²) in [6.45, 7) is 8.45. The van der Waals surface area contributed by atoms with E-state index in [4.69, 9.17) is 19.3 Å². The number of hydrogen-bond acceptors (Lipinski definition) is 10. The molecule has 0 amide bonds. The predicted octanol–water partition coefficient (Wildman–Crippen LogP) is 0.382. The summed E-state index contributed by atoms with van der Waals surface area (Å²) < 4.78 is 16.3. The van der Waals surface area contributed by atoms with Gasteiger partial charge in [-0.3, -0.25) is 14.4 Å². The summed E-state index contributed by atoms with van der Waals surface area (Å²) in [4.78, 5) is 35.9. The number of hydrogen-bond donors (Lipinski definition) is 5. The Labute approximate surface area is 220 Å². The van der Waals surface area contributed by atoms with Crippen LogP contribution in [0.3, 0.4) is 0 Å². The van der Waals surface area contributed by atoms with Gasteiger partial charge in [-0.15, -0.1) is 0 Å². The number of aliphatic hydroxyl groups excluding tert-OH is 3. The second kappa shape index (κ2) is 11.9. The van der Waals surface area contributed by atoms with Crippen molar-refractivity contribution in [2.75, 3.05) is 6.61 Å². The minimum absolute atomic E-state index is 0.101. The molecule has 3 rings (SSSR count). The normalized spacial score (nSPS) is 28.5. The average molecular weight is 537 g/mol. The highest BCUT2D eigenvalue weighted by Crippen LogP contribution is 2.32. The number of esters is 1. The summed E-state index contributed by atoms with van der Waals surface area (Å²) in [5.41, 5.74) is 1.51. The van der Waals surface area contributed by atoms with Gasteiger partial charge in [0.25, 0.3) is 0 Å². The lowest BCUT2D eigenvalue weighted by Crippen LogP contribution is -2.60. The molecule has 0 bridgehead atoms. The highest BCUT2D eigenvalue weighted by atomic mass is 16.7. The molecule has 6 unspecified atom stereocenters. The minimum Gasteiger partial charge on any atom is -0.481 e. The molecule has 0 radical (unpaired) electrons. The molecule has 1 aromatic carbocycles. The quantitative estimate of drug-likeness (QED) is 0.217. The molecule has 210 valence electrons. The first-order valence-electron chi connectivity index (χ1n) is 12.5. The van der Waals surface area contributed by atoms with Gasteiger partial charge in [-0.2, -0.15) is 0 Å². The molecule has 1 aliphatic heterocycles. The first-order chi connectivity index (χ1) is 17.7. The SMILES string of the molecule is C=C(C)[C@@H]1CCc2cc(OC3OC(COC(=O)CC(C)(O)CC(=O)O)C(O)C(O)C3O)c(=O)cc(C)c2C1. The monoisotopic (exact) mass is 536 g/mol. The van der Waals surface area contributed by atoms with E-state index < -0.39 is 73.1 Å². The average Bonchev–Trinajstić information content (AvgIpc) is 2.92. The number of aliphatic hydroxyl groups is 4. The third-order valence-electron chi connectivity index (χ3n) is 7.05. The van der Waals surface area contributed by atoms with Crippen molar-refractivity contribution in [2.24, 2.45) is 5.92 Å². The summed E-state index contributed by atoms with van der Waals surface area (Å²) in [5.74, 6) is -2.06. The maximum absolute atomic E-state index is 12.9. The zero-order valence-electron chi connectivity index (χ0n) is 21.8. The number of carbonyl (C=O) groups is 2. The van der Waals surface area contributed by atoms with Crippen molar-refractivity contribution in [2.45, 2.75) is 89.2 Å². The molecule has 7 atom stereocenters. The van der Waals surface area contributed by atoms with E-state index >= 15 is 0 Å². The van der Waals surface area contributed by atoms with Crippen LogP contribution in [0.25, 0.3) is 0 Å². The molecule has 11 nitrogen and oxygen atoms in total. The first kappa shape index (κ1) is 29.7. The lowest BCUT2D eigenvalue weighted by atomic mass is 9.80. The number of fused-ring (bicyclic) bond motifs is 1. The molecule has 1 heterocycles. The lowest BCUT2D eigenvalue weighted by Gasteiger charge is -2.39. The molecule has 0 saturated carbocycles. The van der Waals surface area contributed by atoms with Gasteiger partial charge in [0.1, 0.15) is 31.0 Å². The van der Waals surface area contributed by atoms with Gasteiger partial charge in [-0.05, 0) is 74.8 Å². The first-order valence-corrected chi connectivity index (χ1v) is 12.5. The summed E-state index contributed by atoms with van der Waals surface area (Å²) in [6.07, 6.45) is -7.06. The second-order valence-electron chi connectivity index (χ2n) is 10.5. The van der Waals surface area contributed by atoms with Crippen LogP contribution in [0.2, 0.25) is 0 Å². The summed E-state index contributed by atoms with van der Waals surface area (Å²) in [6, 6.07) is 3.05. The van der Waals surface area contributed by atoms with Gasteiger partial charge in [0.2, 0.25) is 11.7 Å². The maximum atomic E-state index is 12.9. The summed E-state index contributed by atoms with van der Waals surface area (Å²) in [7, 11) is 0. The van der Waals surface area contributed by atoms with Crippen LogP contribution in [0, 0.1) is 12.8 Å². The highest BCUT2D eigenvalue weighted by molar-refractivity contribution is 5.73. The lowest BCUT2D eigenvalue weighted by molar-refractivity contribution is -0.278. The van der Waals surface area contributed by atoms with Gasteiger partial charge in [0.05, 0.1) is 18.4 Å². The van der Waals surface area contributed by atoms with Gasteiger partial charge in [0.15, 0.2) is 5.75 Å². The van der Waals surface area contributed by atoms with Crippen molar-refractivity contribution in [1.82, 2.24) is 0 Å². The molecule has 1 aliphatic carbocycles. The van der Waals surface area contributed by atoms with E-state index in [9.17, 15) is 34.8 Å².